The number of nitrogens with one attached hydrogen (secondary N) is 1. The van der Waals surface area contributed by atoms with Crippen LogP contribution in [0.3, 0.4) is 0 Å². The molecule has 0 radical (unpaired) electrons. The number of nitrogen functional groups attached to an aromatic ring is 1. The van der Waals surface area contributed by atoms with Crippen molar-refractivity contribution in [1.82, 2.24) is 4.31 Å². The first-order valence-corrected chi connectivity index (χ1v) is 8.05. The van der Waals surface area contributed by atoms with Crippen LogP contribution in [0.25, 0.3) is 0 Å². The van der Waals surface area contributed by atoms with Crippen molar-refractivity contribution in [1.29, 1.82) is 0 Å². The van der Waals surface area contributed by atoms with Crippen LogP contribution in [-0.4, -0.2) is 30.7 Å². The highest BCUT2D eigenvalue weighted by molar-refractivity contribution is 7.89. The van der Waals surface area contributed by atoms with Crippen LogP contribution in [-0.2, 0) is 10.0 Å². The summed E-state index contributed by atoms with van der Waals surface area (Å²) in [6, 6.07) is 3.59. The first kappa shape index (κ1) is 15.7. The molecule has 1 aliphatic rings. The first-order valence-electron chi connectivity index (χ1n) is 6.61. The van der Waals surface area contributed by atoms with Gasteiger partial charge in [0.1, 0.15) is 5.69 Å². The van der Waals surface area contributed by atoms with Crippen molar-refractivity contribution in [2.45, 2.75) is 24.7 Å². The molecule has 0 amide bonds. The predicted octanol–water partition coefficient (Wildman–Crippen LogP) is 1.30. The van der Waals surface area contributed by atoms with E-state index >= 15 is 0 Å². The van der Waals surface area contributed by atoms with Gasteiger partial charge in [-0.15, -0.1) is 0 Å². The summed E-state index contributed by atoms with van der Waals surface area (Å²) in [6.07, 6.45) is 1.63. The fourth-order valence-corrected chi connectivity index (χ4v) is 3.82. The van der Waals surface area contributed by atoms with Gasteiger partial charge in [-0.05, 0) is 30.9 Å². The van der Waals surface area contributed by atoms with E-state index in [-0.39, 0.29) is 16.3 Å². The molecule has 21 heavy (non-hydrogen) atoms. The zero-order valence-electron chi connectivity index (χ0n) is 11.7. The lowest BCUT2D eigenvalue weighted by atomic mass is 10.0. The van der Waals surface area contributed by atoms with Crippen LogP contribution in [0.1, 0.15) is 19.8 Å². The van der Waals surface area contributed by atoms with Crippen LogP contribution in [0, 0.1) is 16.0 Å². The predicted molar refractivity (Wildman–Crippen MR) is 78.1 cm³/mol. The van der Waals surface area contributed by atoms with Gasteiger partial charge in [0.05, 0.1) is 9.82 Å². The number of nitro groups is 1. The highest BCUT2D eigenvalue weighted by Gasteiger charge is 2.29. The lowest BCUT2D eigenvalue weighted by Crippen LogP contribution is -2.37. The second-order valence-electron chi connectivity index (χ2n) is 5.17. The van der Waals surface area contributed by atoms with Crippen LogP contribution >= 0.6 is 0 Å². The normalized spacial score (nSPS) is 17.6. The Kier molecular flexibility index (Phi) is 4.45. The van der Waals surface area contributed by atoms with E-state index < -0.39 is 14.9 Å². The Hall–Kier alpha value is -1.71. The molecule has 1 aromatic carbocycles. The zero-order valence-corrected chi connectivity index (χ0v) is 12.5. The molecule has 2 rings (SSSR count). The maximum Gasteiger partial charge on any atom is 0.293 e. The van der Waals surface area contributed by atoms with Crippen LogP contribution in [0.4, 0.5) is 11.4 Å². The lowest BCUT2D eigenvalue weighted by Gasteiger charge is -2.29. The Balaban J connectivity index is 2.34. The minimum absolute atomic E-state index is 0.00982. The van der Waals surface area contributed by atoms with Crippen LogP contribution < -0.4 is 11.3 Å². The number of hydrogen-bond donors (Lipinski definition) is 2. The monoisotopic (exact) mass is 314 g/mol. The maximum absolute atomic E-state index is 12.5. The van der Waals surface area contributed by atoms with Crippen LogP contribution in [0.15, 0.2) is 23.1 Å². The molecule has 0 atom stereocenters. The number of rotatable bonds is 4. The third kappa shape index (κ3) is 3.14. The van der Waals surface area contributed by atoms with Gasteiger partial charge in [0.2, 0.25) is 10.0 Å². The van der Waals surface area contributed by atoms with E-state index in [1.807, 2.05) is 0 Å². The van der Waals surface area contributed by atoms with Crippen molar-refractivity contribution in [3.63, 3.8) is 0 Å². The molecule has 116 valence electrons. The fourth-order valence-electron chi connectivity index (χ4n) is 2.32. The molecule has 0 bridgehead atoms. The third-order valence-electron chi connectivity index (χ3n) is 3.70. The summed E-state index contributed by atoms with van der Waals surface area (Å²) in [5.41, 5.74) is 1.89. The number of nitrogens with zero attached hydrogens (tertiary/aromatic N) is 2. The number of anilines is 1. The van der Waals surface area contributed by atoms with Crippen LogP contribution in [0.2, 0.25) is 0 Å². The SMILES string of the molecule is CC1CCN(S(=O)(=O)c2ccc([N+](=O)[O-])c(NN)c2)CC1. The highest BCUT2D eigenvalue weighted by Crippen LogP contribution is 2.29. The number of hydrogen-bond acceptors (Lipinski definition) is 6. The smallest absolute Gasteiger partial charge is 0.293 e. The average Bonchev–Trinajstić information content (AvgIpc) is 2.46. The third-order valence-corrected chi connectivity index (χ3v) is 5.60. The molecular weight excluding hydrogens is 296 g/mol. The van der Waals surface area contributed by atoms with E-state index in [9.17, 15) is 18.5 Å². The molecule has 1 aromatic rings. The second-order valence-corrected chi connectivity index (χ2v) is 7.10. The molecule has 0 spiro atoms. The Bertz CT molecular complexity index is 639. The zero-order chi connectivity index (χ0) is 15.6. The summed E-state index contributed by atoms with van der Waals surface area (Å²) in [4.78, 5) is 10.2. The molecule has 0 saturated carbocycles. The largest absolute Gasteiger partial charge is 0.318 e. The van der Waals surface area contributed by atoms with E-state index in [1.165, 1.54) is 16.4 Å². The van der Waals surface area contributed by atoms with Crippen LogP contribution in [0.5, 0.6) is 0 Å². The van der Waals surface area contributed by atoms with Gasteiger partial charge < -0.3 is 5.43 Å². The fraction of sp³-hybridized carbons (Fsp3) is 0.500. The molecule has 1 heterocycles. The van der Waals surface area contributed by atoms with Gasteiger partial charge >= 0.3 is 0 Å². The minimum Gasteiger partial charge on any atom is -0.318 e. The number of nitro benzene ring substituents is 1. The summed E-state index contributed by atoms with van der Waals surface area (Å²) < 4.78 is 26.5. The van der Waals surface area contributed by atoms with E-state index in [1.54, 1.807) is 0 Å². The highest BCUT2D eigenvalue weighted by atomic mass is 32.2. The molecule has 0 aliphatic carbocycles. The first-order chi connectivity index (χ1) is 9.86. The van der Waals surface area contributed by atoms with Gasteiger partial charge in [0, 0.05) is 19.2 Å². The summed E-state index contributed by atoms with van der Waals surface area (Å²) in [5.74, 6) is 5.74. The van der Waals surface area contributed by atoms with Gasteiger partial charge in [-0.2, -0.15) is 4.31 Å². The van der Waals surface area contributed by atoms with Crippen molar-refractivity contribution >= 4 is 21.4 Å². The van der Waals surface area contributed by atoms with E-state index in [2.05, 4.69) is 12.3 Å². The summed E-state index contributed by atoms with van der Waals surface area (Å²) in [5, 5.41) is 10.8. The van der Waals surface area contributed by atoms with Gasteiger partial charge in [0.15, 0.2) is 0 Å². The molecule has 3 N–H and O–H groups in total. The molecule has 1 saturated heterocycles. The van der Waals surface area contributed by atoms with Crippen molar-refractivity contribution in [2.75, 3.05) is 18.5 Å². The number of nitrogens with two attached hydrogens (primary N) is 1. The Morgan fingerprint density at radius 1 is 1.38 bits per heavy atom. The van der Waals surface area contributed by atoms with Gasteiger partial charge in [0.25, 0.3) is 5.69 Å². The lowest BCUT2D eigenvalue weighted by molar-refractivity contribution is -0.384. The quantitative estimate of drug-likeness (QED) is 0.491. The number of benzene rings is 1. The van der Waals surface area contributed by atoms with E-state index in [0.717, 1.165) is 18.9 Å². The summed E-state index contributed by atoms with van der Waals surface area (Å²) in [6.45, 7) is 3.02. The Morgan fingerprint density at radius 3 is 2.52 bits per heavy atom. The van der Waals surface area contributed by atoms with Crippen molar-refractivity contribution in [3.8, 4) is 0 Å². The average molecular weight is 314 g/mol. The summed E-state index contributed by atoms with van der Waals surface area (Å²) in [7, 11) is -3.65. The molecular formula is C12H18N4O4S. The second kappa shape index (κ2) is 5.96. The molecule has 9 heteroatoms. The topological polar surface area (TPSA) is 119 Å². The molecule has 0 unspecified atom stereocenters. The number of piperidine rings is 1. The summed E-state index contributed by atoms with van der Waals surface area (Å²) >= 11 is 0. The number of hydrazine groups is 1. The maximum atomic E-state index is 12.5. The standard InChI is InChI=1S/C12H18N4O4S/c1-9-4-6-15(7-5-9)21(19,20)10-2-3-12(16(17)18)11(8-10)14-13/h2-3,8-9,14H,4-7,13H2,1H3. The van der Waals surface area contributed by atoms with Crippen molar-refractivity contribution in [3.05, 3.63) is 28.3 Å². The van der Waals surface area contributed by atoms with Gasteiger partial charge in [-0.1, -0.05) is 6.92 Å². The Labute approximate surface area is 123 Å². The molecule has 1 aliphatic heterocycles. The van der Waals surface area contributed by atoms with E-state index in [0.29, 0.717) is 19.0 Å². The number of sulfonamides is 1. The van der Waals surface area contributed by atoms with Crippen molar-refractivity contribution < 1.29 is 13.3 Å². The molecule has 1 fully saturated rings. The minimum atomic E-state index is -3.65. The van der Waals surface area contributed by atoms with Gasteiger partial charge in [-0.25, -0.2) is 8.42 Å². The molecule has 8 nitrogen and oxygen atoms in total. The van der Waals surface area contributed by atoms with E-state index in [4.69, 9.17) is 5.84 Å². The molecule has 0 aromatic heterocycles. The Morgan fingerprint density at radius 2 is 2.00 bits per heavy atom. The van der Waals surface area contributed by atoms with Crippen molar-refractivity contribution in [2.24, 2.45) is 11.8 Å². The van der Waals surface area contributed by atoms with Gasteiger partial charge in [-0.3, -0.25) is 16.0 Å².